The van der Waals surface area contributed by atoms with E-state index in [1.807, 2.05) is 11.3 Å². The summed E-state index contributed by atoms with van der Waals surface area (Å²) in [5, 5.41) is 7.94. The van der Waals surface area contributed by atoms with Gasteiger partial charge in [0.15, 0.2) is 0 Å². The van der Waals surface area contributed by atoms with E-state index in [2.05, 4.69) is 116 Å². The van der Waals surface area contributed by atoms with E-state index >= 15 is 0 Å². The SMILES string of the molecule is CC1Cc2c(c3ccccc3c3ccccc23)C=C1c1ccc(-c2cccc3sc4ccccc4c23)o1. The zero-order valence-electron chi connectivity index (χ0n) is 20.5. The van der Waals surface area contributed by atoms with Gasteiger partial charge in [-0.3, -0.25) is 0 Å². The third-order valence-electron chi connectivity index (χ3n) is 7.98. The van der Waals surface area contributed by atoms with E-state index in [9.17, 15) is 0 Å². The first-order chi connectivity index (χ1) is 18.3. The fraction of sp³-hybridized carbons (Fsp3) is 0.0857. The second kappa shape index (κ2) is 7.93. The fourth-order valence-electron chi connectivity index (χ4n) is 6.27. The van der Waals surface area contributed by atoms with E-state index in [0.29, 0.717) is 5.92 Å². The van der Waals surface area contributed by atoms with Gasteiger partial charge in [-0.15, -0.1) is 11.3 Å². The van der Waals surface area contributed by atoms with Crippen LogP contribution in [0.15, 0.2) is 108 Å². The minimum Gasteiger partial charge on any atom is -0.456 e. The molecule has 1 aliphatic carbocycles. The number of hydrogen-bond donors (Lipinski definition) is 0. The molecule has 37 heavy (non-hydrogen) atoms. The third-order valence-corrected chi connectivity index (χ3v) is 9.12. The Morgan fingerprint density at radius 1 is 0.622 bits per heavy atom. The highest BCUT2D eigenvalue weighted by Crippen LogP contribution is 2.44. The van der Waals surface area contributed by atoms with Gasteiger partial charge in [0, 0.05) is 25.7 Å². The van der Waals surface area contributed by atoms with Gasteiger partial charge in [-0.1, -0.05) is 85.8 Å². The summed E-state index contributed by atoms with van der Waals surface area (Å²) in [6.07, 6.45) is 3.40. The molecule has 2 heterocycles. The molecule has 0 N–H and O–H groups in total. The Balaban J connectivity index is 1.32. The van der Waals surface area contributed by atoms with Crippen molar-refractivity contribution in [2.45, 2.75) is 13.3 Å². The van der Waals surface area contributed by atoms with Crippen LogP contribution in [0, 0.1) is 5.92 Å². The molecule has 1 unspecified atom stereocenters. The topological polar surface area (TPSA) is 13.1 Å². The number of allylic oxidation sites excluding steroid dienone is 1. The fourth-order valence-corrected chi connectivity index (χ4v) is 7.40. The summed E-state index contributed by atoms with van der Waals surface area (Å²) >= 11 is 1.85. The highest BCUT2D eigenvalue weighted by Gasteiger charge is 2.25. The number of furan rings is 1. The average Bonchev–Trinajstić information content (AvgIpc) is 3.58. The Labute approximate surface area is 219 Å². The lowest BCUT2D eigenvalue weighted by molar-refractivity contribution is 0.555. The molecule has 0 radical (unpaired) electrons. The number of fused-ring (bicyclic) bond motifs is 9. The lowest BCUT2D eigenvalue weighted by atomic mass is 9.79. The molecule has 2 heteroatoms. The lowest BCUT2D eigenvalue weighted by Crippen LogP contribution is -2.10. The molecule has 0 aliphatic heterocycles. The number of rotatable bonds is 2. The highest BCUT2D eigenvalue weighted by molar-refractivity contribution is 7.25. The second-order valence-corrected chi connectivity index (χ2v) is 11.2. The van der Waals surface area contributed by atoms with Gasteiger partial charge in [-0.2, -0.15) is 0 Å². The highest BCUT2D eigenvalue weighted by atomic mass is 32.1. The van der Waals surface area contributed by atoms with Gasteiger partial charge in [0.1, 0.15) is 11.5 Å². The molecule has 0 fully saturated rings. The summed E-state index contributed by atoms with van der Waals surface area (Å²) in [5.74, 6) is 2.28. The molecule has 2 aromatic heterocycles. The van der Waals surface area contributed by atoms with Crippen molar-refractivity contribution in [2.24, 2.45) is 5.92 Å². The quantitative estimate of drug-likeness (QED) is 0.219. The maximum absolute atomic E-state index is 6.66. The van der Waals surface area contributed by atoms with Crippen molar-refractivity contribution in [3.05, 3.63) is 120 Å². The molecule has 0 spiro atoms. The van der Waals surface area contributed by atoms with Gasteiger partial charge >= 0.3 is 0 Å². The van der Waals surface area contributed by atoms with E-state index in [0.717, 1.165) is 17.9 Å². The van der Waals surface area contributed by atoms with E-state index in [-0.39, 0.29) is 0 Å². The predicted molar refractivity (Wildman–Crippen MR) is 159 cm³/mol. The van der Waals surface area contributed by atoms with Crippen LogP contribution >= 0.6 is 11.3 Å². The van der Waals surface area contributed by atoms with Crippen LogP contribution in [0.4, 0.5) is 0 Å². The summed E-state index contributed by atoms with van der Waals surface area (Å²) < 4.78 is 9.27. The number of thiophene rings is 1. The first-order valence-electron chi connectivity index (χ1n) is 12.9. The van der Waals surface area contributed by atoms with E-state index in [1.54, 1.807) is 0 Å². The van der Waals surface area contributed by atoms with Crippen molar-refractivity contribution < 1.29 is 4.42 Å². The molecule has 0 saturated carbocycles. The van der Waals surface area contributed by atoms with Crippen molar-refractivity contribution in [3.63, 3.8) is 0 Å². The molecule has 1 aliphatic rings. The van der Waals surface area contributed by atoms with Gasteiger partial charge in [-0.05, 0) is 80.9 Å². The van der Waals surface area contributed by atoms with Crippen LogP contribution in [0.25, 0.3) is 64.7 Å². The monoisotopic (exact) mass is 492 g/mol. The molecular formula is C35H24OS. The molecule has 7 aromatic rings. The van der Waals surface area contributed by atoms with Crippen molar-refractivity contribution in [3.8, 4) is 11.3 Å². The minimum absolute atomic E-state index is 0.369. The molecule has 1 atom stereocenters. The Kier molecular flexibility index (Phi) is 4.50. The maximum Gasteiger partial charge on any atom is 0.135 e. The first-order valence-corrected chi connectivity index (χ1v) is 13.7. The molecule has 1 nitrogen and oxygen atoms in total. The smallest absolute Gasteiger partial charge is 0.135 e. The third kappa shape index (κ3) is 3.09. The lowest BCUT2D eigenvalue weighted by Gasteiger charge is -2.25. The van der Waals surface area contributed by atoms with Crippen LogP contribution in [0.2, 0.25) is 0 Å². The number of hydrogen-bond acceptors (Lipinski definition) is 2. The van der Waals surface area contributed by atoms with Crippen LogP contribution in [0.1, 0.15) is 23.8 Å². The largest absolute Gasteiger partial charge is 0.456 e. The average molecular weight is 493 g/mol. The molecule has 5 aromatic carbocycles. The summed E-state index contributed by atoms with van der Waals surface area (Å²) in [7, 11) is 0. The van der Waals surface area contributed by atoms with Crippen LogP contribution < -0.4 is 0 Å². The molecule has 0 amide bonds. The Morgan fingerprint density at radius 2 is 1.27 bits per heavy atom. The van der Waals surface area contributed by atoms with E-state index < -0.39 is 0 Å². The molecule has 8 rings (SSSR count). The van der Waals surface area contributed by atoms with Crippen molar-refractivity contribution in [1.29, 1.82) is 0 Å². The van der Waals surface area contributed by atoms with Gasteiger partial charge in [0.25, 0.3) is 0 Å². The normalized spacial score (nSPS) is 15.5. The van der Waals surface area contributed by atoms with Crippen molar-refractivity contribution >= 4 is 64.7 Å². The van der Waals surface area contributed by atoms with Crippen LogP contribution in [0.5, 0.6) is 0 Å². The van der Waals surface area contributed by atoms with Gasteiger partial charge in [0.05, 0.1) is 0 Å². The number of benzene rings is 5. The van der Waals surface area contributed by atoms with Crippen molar-refractivity contribution in [2.75, 3.05) is 0 Å². The van der Waals surface area contributed by atoms with Crippen molar-refractivity contribution in [1.82, 2.24) is 0 Å². The molecular weight excluding hydrogens is 468 g/mol. The first kappa shape index (κ1) is 21.0. The summed E-state index contributed by atoms with van der Waals surface area (Å²) in [4.78, 5) is 0. The van der Waals surface area contributed by atoms with E-state index in [4.69, 9.17) is 4.42 Å². The van der Waals surface area contributed by atoms with Gasteiger partial charge < -0.3 is 4.42 Å². The molecule has 0 saturated heterocycles. The minimum atomic E-state index is 0.369. The van der Waals surface area contributed by atoms with Crippen LogP contribution in [0.3, 0.4) is 0 Å². The molecule has 176 valence electrons. The van der Waals surface area contributed by atoms with Gasteiger partial charge in [0.2, 0.25) is 0 Å². The zero-order valence-corrected chi connectivity index (χ0v) is 21.3. The maximum atomic E-state index is 6.66. The summed E-state index contributed by atoms with van der Waals surface area (Å²) in [6, 6.07) is 37.2. The molecule has 0 bridgehead atoms. The van der Waals surface area contributed by atoms with Crippen LogP contribution in [-0.4, -0.2) is 0 Å². The predicted octanol–water partition coefficient (Wildman–Crippen LogP) is 10.4. The Hall–Kier alpha value is -4.14. The van der Waals surface area contributed by atoms with Gasteiger partial charge in [-0.25, -0.2) is 0 Å². The summed E-state index contributed by atoms with van der Waals surface area (Å²) in [6.45, 7) is 2.33. The Bertz CT molecular complexity index is 2030. The van der Waals surface area contributed by atoms with E-state index in [1.165, 1.54) is 64.0 Å². The zero-order chi connectivity index (χ0) is 24.5. The second-order valence-electron chi connectivity index (χ2n) is 10.1. The van der Waals surface area contributed by atoms with Crippen LogP contribution in [-0.2, 0) is 6.42 Å². The Morgan fingerprint density at radius 3 is 2.11 bits per heavy atom. The standard InChI is InChI=1S/C35H24OS/c1-21-19-29-24-11-4-2-9-22(24)23-10-3-5-12-25(23)30(29)20-28(21)32-18-17-31(36-32)26-14-8-16-34-35(26)27-13-6-7-15-33(27)37-34/h2-18,20-21H,19H2,1H3. The summed E-state index contributed by atoms with van der Waals surface area (Å²) in [5.41, 5.74) is 5.24.